The van der Waals surface area contributed by atoms with Gasteiger partial charge in [-0.1, -0.05) is 24.1 Å². The summed E-state index contributed by atoms with van der Waals surface area (Å²) in [6, 6.07) is 13.6. The number of methoxy groups -OCH3 is 1. The van der Waals surface area contributed by atoms with Crippen molar-refractivity contribution in [1.82, 2.24) is 4.31 Å². The number of hydrogen-bond donors (Lipinski definition) is 1. The van der Waals surface area contributed by atoms with Gasteiger partial charge in [-0.05, 0) is 56.2 Å². The molecule has 0 saturated carbocycles. The first kappa shape index (κ1) is 20.4. The molecule has 0 aliphatic carbocycles. The Morgan fingerprint density at radius 1 is 1.11 bits per heavy atom. The lowest BCUT2D eigenvalue weighted by Gasteiger charge is -2.34. The third-order valence-corrected chi connectivity index (χ3v) is 6.96. The molecule has 1 atom stereocenters. The fourth-order valence-corrected chi connectivity index (χ4v) is 5.13. The van der Waals surface area contributed by atoms with E-state index in [1.165, 1.54) is 11.4 Å². The Labute approximate surface area is 166 Å². The molecular formula is C21H26N2O4S. The SMILES string of the molecule is COc1ccc(S(=O)(=O)N2CCCC[C@@H]2CC(=O)Nc2ccc(C)cc2)cc1. The largest absolute Gasteiger partial charge is 0.497 e. The van der Waals surface area contributed by atoms with Gasteiger partial charge in [-0.3, -0.25) is 4.79 Å². The van der Waals surface area contributed by atoms with Crippen molar-refractivity contribution in [1.29, 1.82) is 0 Å². The van der Waals surface area contributed by atoms with E-state index in [1.54, 1.807) is 24.3 Å². The lowest BCUT2D eigenvalue weighted by Crippen LogP contribution is -2.45. The number of ether oxygens (including phenoxy) is 1. The van der Waals surface area contributed by atoms with Crippen molar-refractivity contribution in [3.05, 3.63) is 54.1 Å². The Balaban J connectivity index is 1.73. The third kappa shape index (κ3) is 4.72. The fraction of sp³-hybridized carbons (Fsp3) is 0.381. The van der Waals surface area contributed by atoms with E-state index in [0.29, 0.717) is 18.7 Å². The van der Waals surface area contributed by atoms with Crippen molar-refractivity contribution in [2.24, 2.45) is 0 Å². The van der Waals surface area contributed by atoms with Crippen molar-refractivity contribution in [2.45, 2.75) is 43.5 Å². The van der Waals surface area contributed by atoms with Gasteiger partial charge >= 0.3 is 0 Å². The summed E-state index contributed by atoms with van der Waals surface area (Å²) in [6.07, 6.45) is 2.53. The molecule has 1 amide bonds. The topological polar surface area (TPSA) is 75.7 Å². The second-order valence-electron chi connectivity index (χ2n) is 7.06. The van der Waals surface area contributed by atoms with E-state index in [0.717, 1.165) is 24.1 Å². The van der Waals surface area contributed by atoms with Gasteiger partial charge in [0, 0.05) is 24.7 Å². The van der Waals surface area contributed by atoms with Crippen LogP contribution in [0.3, 0.4) is 0 Å². The minimum absolute atomic E-state index is 0.142. The van der Waals surface area contributed by atoms with Gasteiger partial charge in [0.2, 0.25) is 15.9 Å². The maximum atomic E-state index is 13.1. The van der Waals surface area contributed by atoms with E-state index in [2.05, 4.69) is 5.32 Å². The number of anilines is 1. The standard InChI is InChI=1S/C21H26N2O4S/c1-16-6-8-17(9-7-16)22-21(24)15-18-5-3-4-14-23(18)28(25,26)20-12-10-19(27-2)11-13-20/h6-13,18H,3-5,14-15H2,1-2H3,(H,22,24)/t18-/m1/s1. The zero-order valence-corrected chi connectivity index (χ0v) is 17.0. The molecule has 1 aliphatic rings. The quantitative estimate of drug-likeness (QED) is 0.801. The highest BCUT2D eigenvalue weighted by molar-refractivity contribution is 7.89. The van der Waals surface area contributed by atoms with E-state index in [1.807, 2.05) is 31.2 Å². The number of nitrogens with zero attached hydrogens (tertiary/aromatic N) is 1. The first-order chi connectivity index (χ1) is 13.4. The molecule has 2 aromatic rings. The van der Waals surface area contributed by atoms with E-state index in [4.69, 9.17) is 4.74 Å². The Bertz CT molecular complexity index is 908. The van der Waals surface area contributed by atoms with Crippen LogP contribution in [0.25, 0.3) is 0 Å². The summed E-state index contributed by atoms with van der Waals surface area (Å²) in [7, 11) is -2.12. The van der Waals surface area contributed by atoms with Crippen LogP contribution in [0.15, 0.2) is 53.4 Å². The van der Waals surface area contributed by atoms with Gasteiger partial charge in [0.05, 0.1) is 12.0 Å². The summed E-state index contributed by atoms with van der Waals surface area (Å²) < 4.78 is 32.8. The maximum absolute atomic E-state index is 13.1. The van der Waals surface area contributed by atoms with Gasteiger partial charge < -0.3 is 10.1 Å². The number of aryl methyl sites for hydroxylation is 1. The Kier molecular flexibility index (Phi) is 6.36. The van der Waals surface area contributed by atoms with Crippen molar-refractivity contribution in [3.8, 4) is 5.75 Å². The number of sulfonamides is 1. The molecule has 2 aromatic carbocycles. The van der Waals surface area contributed by atoms with Crippen LogP contribution in [0.2, 0.25) is 0 Å². The number of piperidine rings is 1. The molecule has 6 nitrogen and oxygen atoms in total. The summed E-state index contributed by atoms with van der Waals surface area (Å²) in [5.74, 6) is 0.428. The average Bonchev–Trinajstić information content (AvgIpc) is 2.70. The van der Waals surface area contributed by atoms with E-state index in [-0.39, 0.29) is 23.3 Å². The molecule has 0 spiro atoms. The fourth-order valence-electron chi connectivity index (χ4n) is 3.44. The Morgan fingerprint density at radius 3 is 2.43 bits per heavy atom. The molecule has 1 fully saturated rings. The van der Waals surface area contributed by atoms with Crippen molar-refractivity contribution in [2.75, 3.05) is 19.0 Å². The molecular weight excluding hydrogens is 376 g/mol. The van der Waals surface area contributed by atoms with E-state index in [9.17, 15) is 13.2 Å². The molecule has 0 aromatic heterocycles. The number of rotatable bonds is 6. The van der Waals surface area contributed by atoms with E-state index >= 15 is 0 Å². The van der Waals surface area contributed by atoms with Crippen LogP contribution in [0.4, 0.5) is 5.69 Å². The normalized spacial score (nSPS) is 17.9. The average molecular weight is 403 g/mol. The van der Waals surface area contributed by atoms with Crippen LogP contribution in [0.5, 0.6) is 5.75 Å². The van der Waals surface area contributed by atoms with E-state index < -0.39 is 10.0 Å². The van der Waals surface area contributed by atoms with Gasteiger partial charge in [-0.15, -0.1) is 0 Å². The number of carbonyl (C=O) groups is 1. The van der Waals surface area contributed by atoms with Crippen LogP contribution >= 0.6 is 0 Å². The molecule has 1 aliphatic heterocycles. The third-order valence-electron chi connectivity index (χ3n) is 5.00. The molecule has 1 saturated heterocycles. The molecule has 150 valence electrons. The first-order valence-corrected chi connectivity index (χ1v) is 10.9. The lowest BCUT2D eigenvalue weighted by molar-refractivity contribution is -0.117. The zero-order valence-electron chi connectivity index (χ0n) is 16.2. The minimum Gasteiger partial charge on any atom is -0.497 e. The summed E-state index contributed by atoms with van der Waals surface area (Å²) >= 11 is 0. The highest BCUT2D eigenvalue weighted by Gasteiger charge is 2.34. The highest BCUT2D eigenvalue weighted by Crippen LogP contribution is 2.28. The number of hydrogen-bond acceptors (Lipinski definition) is 4. The number of nitrogens with one attached hydrogen (secondary N) is 1. The summed E-state index contributed by atoms with van der Waals surface area (Å²) in [4.78, 5) is 12.7. The molecule has 0 bridgehead atoms. The molecule has 0 unspecified atom stereocenters. The number of benzene rings is 2. The minimum atomic E-state index is -3.66. The predicted octanol–water partition coefficient (Wildman–Crippen LogP) is 3.58. The van der Waals surface area contributed by atoms with Gasteiger partial charge in [-0.2, -0.15) is 4.31 Å². The van der Waals surface area contributed by atoms with Gasteiger partial charge in [-0.25, -0.2) is 8.42 Å². The second-order valence-corrected chi connectivity index (χ2v) is 8.95. The number of carbonyl (C=O) groups excluding carboxylic acids is 1. The van der Waals surface area contributed by atoms with Crippen molar-refractivity contribution < 1.29 is 17.9 Å². The van der Waals surface area contributed by atoms with Crippen molar-refractivity contribution >= 4 is 21.6 Å². The lowest BCUT2D eigenvalue weighted by atomic mass is 10.0. The highest BCUT2D eigenvalue weighted by atomic mass is 32.2. The molecule has 1 N–H and O–H groups in total. The van der Waals surface area contributed by atoms with Gasteiger partial charge in [0.15, 0.2) is 0 Å². The summed E-state index contributed by atoms with van der Waals surface area (Å²) in [6.45, 7) is 2.41. The first-order valence-electron chi connectivity index (χ1n) is 9.42. The molecule has 7 heteroatoms. The van der Waals surface area contributed by atoms with Crippen LogP contribution < -0.4 is 10.1 Å². The van der Waals surface area contributed by atoms with Crippen LogP contribution in [-0.2, 0) is 14.8 Å². The molecule has 3 rings (SSSR count). The van der Waals surface area contributed by atoms with Crippen LogP contribution in [0, 0.1) is 6.92 Å². The molecule has 0 radical (unpaired) electrons. The second kappa shape index (κ2) is 8.75. The smallest absolute Gasteiger partial charge is 0.243 e. The van der Waals surface area contributed by atoms with Crippen LogP contribution in [0.1, 0.15) is 31.2 Å². The predicted molar refractivity (Wildman–Crippen MR) is 109 cm³/mol. The molecule has 28 heavy (non-hydrogen) atoms. The number of amides is 1. The molecule has 1 heterocycles. The van der Waals surface area contributed by atoms with Gasteiger partial charge in [0.1, 0.15) is 5.75 Å². The Hall–Kier alpha value is -2.38. The van der Waals surface area contributed by atoms with Crippen LogP contribution in [-0.4, -0.2) is 38.3 Å². The summed E-state index contributed by atoms with van der Waals surface area (Å²) in [5, 5.41) is 2.87. The Morgan fingerprint density at radius 2 is 1.79 bits per heavy atom. The maximum Gasteiger partial charge on any atom is 0.243 e. The van der Waals surface area contributed by atoms with Crippen molar-refractivity contribution in [3.63, 3.8) is 0 Å². The van der Waals surface area contributed by atoms with Gasteiger partial charge in [0.25, 0.3) is 0 Å². The summed E-state index contributed by atoms with van der Waals surface area (Å²) in [5.41, 5.74) is 1.83. The zero-order chi connectivity index (χ0) is 20.1. The monoisotopic (exact) mass is 402 g/mol.